The SMILES string of the molecule is COC(=O)c1cc2c(cnn2-c2c(Cl)cc(C(F)(F)F)cc2Cl)cc1[N+](=O)[O-]. The normalized spacial score (nSPS) is 11.6. The Labute approximate surface area is 164 Å². The number of methoxy groups -OCH3 is 1. The zero-order valence-corrected chi connectivity index (χ0v) is 15.3. The van der Waals surface area contributed by atoms with Crippen LogP contribution in [0.3, 0.4) is 0 Å². The van der Waals surface area contributed by atoms with E-state index in [4.69, 9.17) is 23.2 Å². The Hall–Kier alpha value is -2.85. The molecule has 0 N–H and O–H groups in total. The molecule has 12 heteroatoms. The fourth-order valence-corrected chi connectivity index (χ4v) is 3.24. The largest absolute Gasteiger partial charge is 0.465 e. The van der Waals surface area contributed by atoms with Crippen LogP contribution in [0.15, 0.2) is 30.5 Å². The first-order chi connectivity index (χ1) is 13.0. The van der Waals surface area contributed by atoms with Crippen molar-refractivity contribution in [3.63, 3.8) is 0 Å². The first-order valence-electron chi connectivity index (χ1n) is 7.35. The molecule has 28 heavy (non-hydrogen) atoms. The highest BCUT2D eigenvalue weighted by atomic mass is 35.5. The van der Waals surface area contributed by atoms with Gasteiger partial charge in [-0.1, -0.05) is 23.2 Å². The minimum Gasteiger partial charge on any atom is -0.465 e. The van der Waals surface area contributed by atoms with Gasteiger partial charge in [0.25, 0.3) is 5.69 Å². The van der Waals surface area contributed by atoms with E-state index in [9.17, 15) is 28.1 Å². The van der Waals surface area contributed by atoms with Gasteiger partial charge in [-0.25, -0.2) is 9.48 Å². The van der Waals surface area contributed by atoms with Crippen LogP contribution >= 0.6 is 23.2 Å². The number of alkyl halides is 3. The lowest BCUT2D eigenvalue weighted by molar-refractivity contribution is -0.385. The summed E-state index contributed by atoms with van der Waals surface area (Å²) in [5, 5.41) is 14.8. The van der Waals surface area contributed by atoms with Crippen molar-refractivity contribution < 1.29 is 27.6 Å². The van der Waals surface area contributed by atoms with Crippen LogP contribution in [0, 0.1) is 10.1 Å². The third kappa shape index (κ3) is 3.36. The van der Waals surface area contributed by atoms with Crippen LogP contribution in [0.5, 0.6) is 0 Å². The highest BCUT2D eigenvalue weighted by Crippen LogP contribution is 2.38. The van der Waals surface area contributed by atoms with Crippen LogP contribution < -0.4 is 0 Å². The van der Waals surface area contributed by atoms with Crippen LogP contribution in [0.2, 0.25) is 10.0 Å². The Morgan fingerprint density at radius 3 is 2.32 bits per heavy atom. The number of hydrogen-bond donors (Lipinski definition) is 0. The topological polar surface area (TPSA) is 87.3 Å². The molecule has 0 atom stereocenters. The van der Waals surface area contributed by atoms with E-state index in [1.54, 1.807) is 0 Å². The predicted molar refractivity (Wildman–Crippen MR) is 94.1 cm³/mol. The maximum absolute atomic E-state index is 12.9. The van der Waals surface area contributed by atoms with Crippen LogP contribution in [0.4, 0.5) is 18.9 Å². The van der Waals surface area contributed by atoms with Gasteiger partial charge < -0.3 is 4.74 Å². The molecule has 0 aliphatic rings. The van der Waals surface area contributed by atoms with Crippen molar-refractivity contribution in [2.45, 2.75) is 6.18 Å². The summed E-state index contributed by atoms with van der Waals surface area (Å²) >= 11 is 12.0. The first-order valence-corrected chi connectivity index (χ1v) is 8.11. The number of esters is 1. The van der Waals surface area contributed by atoms with Gasteiger partial charge in [-0.15, -0.1) is 0 Å². The number of nitro groups is 1. The van der Waals surface area contributed by atoms with Gasteiger partial charge in [0.2, 0.25) is 0 Å². The number of halogens is 5. The second-order valence-corrected chi connectivity index (χ2v) is 6.33. The summed E-state index contributed by atoms with van der Waals surface area (Å²) in [4.78, 5) is 22.4. The van der Waals surface area contributed by atoms with Crippen molar-refractivity contribution in [2.75, 3.05) is 7.11 Å². The number of carbonyl (C=O) groups excluding carboxylic acids is 1. The lowest BCUT2D eigenvalue weighted by atomic mass is 10.1. The van der Waals surface area contributed by atoms with E-state index in [0.717, 1.165) is 23.9 Å². The minimum atomic E-state index is -4.66. The second-order valence-electron chi connectivity index (χ2n) is 5.52. The van der Waals surface area contributed by atoms with E-state index in [0.29, 0.717) is 12.1 Å². The van der Waals surface area contributed by atoms with E-state index >= 15 is 0 Å². The third-order valence-electron chi connectivity index (χ3n) is 3.84. The van der Waals surface area contributed by atoms with E-state index in [1.165, 1.54) is 6.20 Å². The van der Waals surface area contributed by atoms with Gasteiger partial charge in [-0.2, -0.15) is 18.3 Å². The van der Waals surface area contributed by atoms with E-state index in [-0.39, 0.29) is 32.2 Å². The number of fused-ring (bicyclic) bond motifs is 1. The molecule has 0 unspecified atom stereocenters. The number of nitro benzene ring substituents is 1. The van der Waals surface area contributed by atoms with Gasteiger partial charge in [0.15, 0.2) is 0 Å². The average Bonchev–Trinajstić information content (AvgIpc) is 3.01. The van der Waals surface area contributed by atoms with E-state index < -0.39 is 28.3 Å². The molecular formula is C16H8Cl2F3N3O4. The summed E-state index contributed by atoms with van der Waals surface area (Å²) < 4.78 is 44.4. The van der Waals surface area contributed by atoms with Crippen LogP contribution in [0.25, 0.3) is 16.6 Å². The molecule has 0 saturated carbocycles. The summed E-state index contributed by atoms with van der Waals surface area (Å²) in [6.45, 7) is 0. The fraction of sp³-hybridized carbons (Fsp3) is 0.125. The van der Waals surface area contributed by atoms with Gasteiger partial charge in [-0.05, 0) is 18.2 Å². The highest BCUT2D eigenvalue weighted by Gasteiger charge is 2.32. The Bertz CT molecular complexity index is 1110. The number of nitrogens with zero attached hydrogens (tertiary/aromatic N) is 3. The van der Waals surface area contributed by atoms with Gasteiger partial charge in [0.1, 0.15) is 11.3 Å². The monoisotopic (exact) mass is 433 g/mol. The number of ether oxygens (including phenoxy) is 1. The molecule has 0 fully saturated rings. The summed E-state index contributed by atoms with van der Waals surface area (Å²) in [6.07, 6.45) is -3.43. The average molecular weight is 434 g/mol. The Balaban J connectivity index is 2.28. The molecule has 7 nitrogen and oxygen atoms in total. The summed E-state index contributed by atoms with van der Waals surface area (Å²) in [7, 11) is 1.05. The van der Waals surface area contributed by atoms with Gasteiger partial charge in [0, 0.05) is 11.5 Å². The van der Waals surface area contributed by atoms with Gasteiger partial charge >= 0.3 is 12.1 Å². The first kappa shape index (κ1) is 19.9. The molecule has 0 aliphatic carbocycles. The van der Waals surface area contributed by atoms with Crippen LogP contribution in [-0.2, 0) is 10.9 Å². The van der Waals surface area contributed by atoms with Crippen molar-refractivity contribution in [3.8, 4) is 5.69 Å². The number of hydrogen-bond acceptors (Lipinski definition) is 5. The van der Waals surface area contributed by atoms with Crippen LogP contribution in [0.1, 0.15) is 15.9 Å². The molecule has 0 saturated heterocycles. The maximum atomic E-state index is 12.9. The molecule has 3 rings (SSSR count). The van der Waals surface area contributed by atoms with Gasteiger partial charge in [0.05, 0.1) is 39.4 Å². The predicted octanol–water partition coefficient (Wildman–Crippen LogP) is 5.05. The molecule has 0 spiro atoms. The lowest BCUT2D eigenvalue weighted by Crippen LogP contribution is -2.08. The quantitative estimate of drug-likeness (QED) is 0.327. The van der Waals surface area contributed by atoms with Crippen molar-refractivity contribution in [1.82, 2.24) is 9.78 Å². The van der Waals surface area contributed by atoms with Crippen molar-refractivity contribution in [1.29, 1.82) is 0 Å². The van der Waals surface area contributed by atoms with Crippen LogP contribution in [-0.4, -0.2) is 27.8 Å². The summed E-state index contributed by atoms with van der Waals surface area (Å²) in [5.74, 6) is -0.967. The second kappa shape index (κ2) is 6.95. The molecule has 146 valence electrons. The zero-order valence-electron chi connectivity index (χ0n) is 13.8. The molecular weight excluding hydrogens is 426 g/mol. The van der Waals surface area contributed by atoms with Crippen molar-refractivity contribution in [3.05, 3.63) is 61.7 Å². The Kier molecular flexibility index (Phi) is 4.94. The number of benzene rings is 2. The maximum Gasteiger partial charge on any atom is 0.416 e. The van der Waals surface area contributed by atoms with Crippen molar-refractivity contribution >= 4 is 45.8 Å². The molecule has 1 heterocycles. The fourth-order valence-electron chi connectivity index (χ4n) is 2.60. The van der Waals surface area contributed by atoms with Crippen molar-refractivity contribution in [2.24, 2.45) is 0 Å². The molecule has 0 amide bonds. The number of aromatic nitrogens is 2. The molecule has 1 aromatic heterocycles. The van der Waals surface area contributed by atoms with Gasteiger partial charge in [-0.3, -0.25) is 10.1 Å². The smallest absolute Gasteiger partial charge is 0.416 e. The molecule has 3 aromatic rings. The molecule has 2 aromatic carbocycles. The Morgan fingerprint density at radius 2 is 1.82 bits per heavy atom. The standard InChI is InChI=1S/C16H8Cl2F3N3O4/c1-28-15(25)9-5-12-7(2-13(9)24(26)27)6-22-23(12)14-10(17)3-8(4-11(14)18)16(19,20)21/h2-6H,1H3. The molecule has 0 radical (unpaired) electrons. The number of rotatable bonds is 3. The zero-order chi connectivity index (χ0) is 20.8. The third-order valence-corrected chi connectivity index (χ3v) is 4.42. The Morgan fingerprint density at radius 1 is 1.21 bits per heavy atom. The molecule has 0 aliphatic heterocycles. The summed E-state index contributed by atoms with van der Waals surface area (Å²) in [6, 6.07) is 3.60. The minimum absolute atomic E-state index is 0.0731. The summed E-state index contributed by atoms with van der Waals surface area (Å²) in [5.41, 5.74) is -1.83. The van der Waals surface area contributed by atoms with E-state index in [1.807, 2.05) is 0 Å². The number of carbonyl (C=O) groups is 1. The molecule has 0 bridgehead atoms. The highest BCUT2D eigenvalue weighted by molar-refractivity contribution is 6.38. The van der Waals surface area contributed by atoms with E-state index in [2.05, 4.69) is 9.84 Å². The lowest BCUT2D eigenvalue weighted by Gasteiger charge is -2.13.